The monoisotopic (exact) mass is 322 g/mol. The van der Waals surface area contributed by atoms with Gasteiger partial charge in [-0.1, -0.05) is 17.7 Å². The molecule has 0 spiro atoms. The highest BCUT2D eigenvalue weighted by molar-refractivity contribution is 6.30. The van der Waals surface area contributed by atoms with E-state index in [1.807, 2.05) is 0 Å². The Labute approximate surface area is 128 Å². The second kappa shape index (κ2) is 5.38. The van der Waals surface area contributed by atoms with Crippen molar-refractivity contribution in [2.45, 2.75) is 6.54 Å². The van der Waals surface area contributed by atoms with E-state index in [0.29, 0.717) is 5.39 Å². The Morgan fingerprint density at radius 3 is 2.68 bits per heavy atom. The van der Waals surface area contributed by atoms with Crippen LogP contribution in [0.25, 0.3) is 10.9 Å². The molecule has 0 radical (unpaired) electrons. The number of nitrogens with zero attached hydrogens (tertiary/aromatic N) is 2. The van der Waals surface area contributed by atoms with Crippen molar-refractivity contribution in [3.05, 3.63) is 64.3 Å². The number of halogens is 3. The summed E-state index contributed by atoms with van der Waals surface area (Å²) < 4.78 is 28.5. The van der Waals surface area contributed by atoms with Gasteiger partial charge in [-0.05, 0) is 30.3 Å². The van der Waals surface area contributed by atoms with Crippen molar-refractivity contribution >= 4 is 28.5 Å². The standard InChI is InChI=1S/C15H9ClF2N2O2/c16-9-2-1-8(12(18)5-9)7-20-13-6-10(17)3-4-11(13)14(19-20)15(21)22/h1-6H,7H2,(H,21,22). The van der Waals surface area contributed by atoms with Crippen molar-refractivity contribution in [3.8, 4) is 0 Å². The number of benzene rings is 2. The number of carboxylic acids is 1. The molecule has 0 amide bonds. The van der Waals surface area contributed by atoms with Gasteiger partial charge in [0.25, 0.3) is 0 Å². The van der Waals surface area contributed by atoms with Gasteiger partial charge in [-0.25, -0.2) is 13.6 Å². The lowest BCUT2D eigenvalue weighted by atomic mass is 10.2. The Balaban J connectivity index is 2.14. The van der Waals surface area contributed by atoms with Crippen LogP contribution in [0.5, 0.6) is 0 Å². The first-order chi connectivity index (χ1) is 10.5. The van der Waals surface area contributed by atoms with Crippen LogP contribution < -0.4 is 0 Å². The van der Waals surface area contributed by atoms with Gasteiger partial charge in [-0.15, -0.1) is 0 Å². The highest BCUT2D eigenvalue weighted by Gasteiger charge is 2.17. The Hall–Kier alpha value is -2.47. The molecule has 112 valence electrons. The third kappa shape index (κ3) is 2.53. The van der Waals surface area contributed by atoms with Crippen molar-refractivity contribution in [1.29, 1.82) is 0 Å². The van der Waals surface area contributed by atoms with Crippen LogP contribution in [0.1, 0.15) is 16.1 Å². The van der Waals surface area contributed by atoms with Crippen LogP contribution in [0.2, 0.25) is 5.02 Å². The van der Waals surface area contributed by atoms with Crippen LogP contribution in [0.4, 0.5) is 8.78 Å². The van der Waals surface area contributed by atoms with Crippen LogP contribution in [-0.4, -0.2) is 20.9 Å². The average Bonchev–Trinajstić information content (AvgIpc) is 2.80. The number of aromatic carboxylic acids is 1. The number of carboxylic acid groups (broad SMARTS) is 1. The van der Waals surface area contributed by atoms with E-state index in [4.69, 9.17) is 16.7 Å². The SMILES string of the molecule is O=C(O)c1nn(Cc2ccc(Cl)cc2F)c2cc(F)ccc12. The molecule has 1 N–H and O–H groups in total. The van der Waals surface area contributed by atoms with E-state index >= 15 is 0 Å². The molecule has 0 aliphatic heterocycles. The molecule has 0 aliphatic rings. The molecule has 0 aliphatic carbocycles. The summed E-state index contributed by atoms with van der Waals surface area (Å²) in [6.45, 7) is -0.0315. The average molecular weight is 323 g/mol. The van der Waals surface area contributed by atoms with Crippen molar-refractivity contribution in [2.75, 3.05) is 0 Å². The molecule has 3 rings (SSSR count). The van der Waals surface area contributed by atoms with Crippen molar-refractivity contribution in [2.24, 2.45) is 0 Å². The smallest absolute Gasteiger partial charge is 0.357 e. The van der Waals surface area contributed by atoms with Gasteiger partial charge in [0.1, 0.15) is 11.6 Å². The Kier molecular flexibility index (Phi) is 3.54. The van der Waals surface area contributed by atoms with Crippen molar-refractivity contribution in [3.63, 3.8) is 0 Å². The number of hydrogen-bond donors (Lipinski definition) is 1. The maximum Gasteiger partial charge on any atom is 0.357 e. The summed E-state index contributed by atoms with van der Waals surface area (Å²) in [6.07, 6.45) is 0. The highest BCUT2D eigenvalue weighted by atomic mass is 35.5. The van der Waals surface area contributed by atoms with E-state index in [2.05, 4.69) is 5.10 Å². The van der Waals surface area contributed by atoms with Gasteiger partial charge in [0.2, 0.25) is 0 Å². The first kappa shape index (κ1) is 14.5. The van der Waals surface area contributed by atoms with Gasteiger partial charge in [0.05, 0.1) is 12.1 Å². The molecule has 0 atom stereocenters. The van der Waals surface area contributed by atoms with Gasteiger partial charge >= 0.3 is 5.97 Å². The largest absolute Gasteiger partial charge is 0.476 e. The van der Waals surface area contributed by atoms with Crippen LogP contribution >= 0.6 is 11.6 Å². The fourth-order valence-corrected chi connectivity index (χ4v) is 2.40. The minimum absolute atomic E-state index is 0.0315. The van der Waals surface area contributed by atoms with E-state index in [9.17, 15) is 13.6 Å². The molecule has 0 saturated carbocycles. The predicted octanol–water partition coefficient (Wildman–Crippen LogP) is 3.71. The minimum Gasteiger partial charge on any atom is -0.476 e. The van der Waals surface area contributed by atoms with Gasteiger partial charge in [0, 0.05) is 16.0 Å². The molecule has 0 bridgehead atoms. The zero-order chi connectivity index (χ0) is 15.9. The molecular formula is C15H9ClF2N2O2. The quantitative estimate of drug-likeness (QED) is 0.799. The molecule has 7 heteroatoms. The molecule has 0 saturated heterocycles. The summed E-state index contributed by atoms with van der Waals surface area (Å²) >= 11 is 5.69. The maximum atomic E-state index is 13.9. The Bertz CT molecular complexity index is 893. The third-order valence-corrected chi connectivity index (χ3v) is 3.49. The third-order valence-electron chi connectivity index (χ3n) is 3.25. The topological polar surface area (TPSA) is 55.1 Å². The van der Waals surface area contributed by atoms with Crippen LogP contribution in [0.3, 0.4) is 0 Å². The molecule has 3 aromatic rings. The van der Waals surface area contributed by atoms with Crippen LogP contribution in [-0.2, 0) is 6.54 Å². The summed E-state index contributed by atoms with van der Waals surface area (Å²) in [5.41, 5.74) is 0.353. The normalized spacial score (nSPS) is 11.0. The molecule has 22 heavy (non-hydrogen) atoms. The van der Waals surface area contributed by atoms with Gasteiger partial charge in [-0.2, -0.15) is 5.10 Å². The zero-order valence-corrected chi connectivity index (χ0v) is 11.8. The number of rotatable bonds is 3. The van der Waals surface area contributed by atoms with Crippen LogP contribution in [0.15, 0.2) is 36.4 Å². The Morgan fingerprint density at radius 1 is 1.23 bits per heavy atom. The zero-order valence-electron chi connectivity index (χ0n) is 11.1. The lowest BCUT2D eigenvalue weighted by Gasteiger charge is -2.05. The summed E-state index contributed by atoms with van der Waals surface area (Å²) in [6, 6.07) is 7.82. The Morgan fingerprint density at radius 2 is 2.00 bits per heavy atom. The van der Waals surface area contributed by atoms with E-state index < -0.39 is 17.6 Å². The number of hydrogen-bond acceptors (Lipinski definition) is 2. The number of carbonyl (C=O) groups is 1. The number of fused-ring (bicyclic) bond motifs is 1. The summed E-state index contributed by atoms with van der Waals surface area (Å²) in [5, 5.41) is 13.6. The highest BCUT2D eigenvalue weighted by Crippen LogP contribution is 2.22. The number of aromatic nitrogens is 2. The first-order valence-corrected chi connectivity index (χ1v) is 6.67. The lowest BCUT2D eigenvalue weighted by Crippen LogP contribution is -2.06. The molecule has 0 unspecified atom stereocenters. The fourth-order valence-electron chi connectivity index (χ4n) is 2.24. The van der Waals surface area contributed by atoms with E-state index in [1.165, 1.54) is 28.9 Å². The second-order valence-electron chi connectivity index (χ2n) is 4.71. The minimum atomic E-state index is -1.23. The molecule has 2 aromatic carbocycles. The fraction of sp³-hybridized carbons (Fsp3) is 0.0667. The molecule has 1 heterocycles. The van der Waals surface area contributed by atoms with Gasteiger partial charge in [-0.3, -0.25) is 4.68 Å². The summed E-state index contributed by atoms with van der Waals surface area (Å²) in [5.74, 6) is -2.29. The van der Waals surface area contributed by atoms with Gasteiger partial charge in [0.15, 0.2) is 5.69 Å². The van der Waals surface area contributed by atoms with E-state index in [-0.39, 0.29) is 28.3 Å². The van der Waals surface area contributed by atoms with E-state index in [1.54, 1.807) is 0 Å². The molecular weight excluding hydrogens is 314 g/mol. The van der Waals surface area contributed by atoms with Crippen molar-refractivity contribution < 1.29 is 18.7 Å². The van der Waals surface area contributed by atoms with Crippen LogP contribution in [0, 0.1) is 11.6 Å². The maximum absolute atomic E-state index is 13.9. The summed E-state index contributed by atoms with van der Waals surface area (Å²) in [4.78, 5) is 11.2. The van der Waals surface area contributed by atoms with Gasteiger partial charge < -0.3 is 5.11 Å². The van der Waals surface area contributed by atoms with E-state index in [0.717, 1.165) is 12.1 Å². The second-order valence-corrected chi connectivity index (χ2v) is 5.15. The summed E-state index contributed by atoms with van der Waals surface area (Å²) in [7, 11) is 0. The predicted molar refractivity (Wildman–Crippen MR) is 77.2 cm³/mol. The molecule has 1 aromatic heterocycles. The molecule has 0 fully saturated rings. The van der Waals surface area contributed by atoms with Crippen molar-refractivity contribution in [1.82, 2.24) is 9.78 Å². The first-order valence-electron chi connectivity index (χ1n) is 6.29. The lowest BCUT2D eigenvalue weighted by molar-refractivity contribution is 0.0691. The molecule has 4 nitrogen and oxygen atoms in total.